The first-order chi connectivity index (χ1) is 13.0. The van der Waals surface area contributed by atoms with E-state index in [1.165, 1.54) is 23.0 Å². The second-order valence-corrected chi connectivity index (χ2v) is 7.05. The molecule has 138 valence electrons. The van der Waals surface area contributed by atoms with E-state index in [1.807, 2.05) is 0 Å². The van der Waals surface area contributed by atoms with E-state index in [0.29, 0.717) is 16.5 Å². The number of carbonyl (C=O) groups is 1. The number of hydrogen-bond acceptors (Lipinski definition) is 3. The van der Waals surface area contributed by atoms with Gasteiger partial charge in [-0.1, -0.05) is 29.8 Å². The molecule has 0 spiro atoms. The number of amides is 1. The van der Waals surface area contributed by atoms with E-state index >= 15 is 0 Å². The first-order valence-corrected chi connectivity index (χ1v) is 9.09. The molecule has 0 aliphatic heterocycles. The summed E-state index contributed by atoms with van der Waals surface area (Å²) < 4.78 is 15.4. The molecule has 4 rings (SSSR count). The van der Waals surface area contributed by atoms with Crippen molar-refractivity contribution in [2.24, 2.45) is 0 Å². The van der Waals surface area contributed by atoms with Crippen molar-refractivity contribution >= 4 is 28.4 Å². The van der Waals surface area contributed by atoms with Gasteiger partial charge in [0.15, 0.2) is 0 Å². The van der Waals surface area contributed by atoms with E-state index in [0.717, 1.165) is 12.8 Å². The van der Waals surface area contributed by atoms with Gasteiger partial charge in [-0.3, -0.25) is 14.2 Å². The molecule has 1 heterocycles. The Kier molecular flexibility index (Phi) is 4.66. The zero-order valence-corrected chi connectivity index (χ0v) is 15.2. The summed E-state index contributed by atoms with van der Waals surface area (Å²) in [6.45, 7) is -0.0516. The summed E-state index contributed by atoms with van der Waals surface area (Å²) >= 11 is 6.11. The third-order valence-electron chi connectivity index (χ3n) is 4.74. The minimum Gasteiger partial charge on any atom is -0.334 e. The molecule has 1 saturated carbocycles. The zero-order chi connectivity index (χ0) is 19.0. The van der Waals surface area contributed by atoms with Gasteiger partial charge < -0.3 is 4.90 Å². The summed E-state index contributed by atoms with van der Waals surface area (Å²) in [7, 11) is 0. The lowest BCUT2D eigenvalue weighted by molar-refractivity contribution is -0.133. The maximum Gasteiger partial charge on any atom is 0.261 e. The van der Waals surface area contributed by atoms with Crippen molar-refractivity contribution in [1.29, 1.82) is 0 Å². The largest absolute Gasteiger partial charge is 0.334 e. The zero-order valence-electron chi connectivity index (χ0n) is 14.4. The van der Waals surface area contributed by atoms with E-state index in [2.05, 4.69) is 4.98 Å². The Bertz CT molecular complexity index is 1060. The van der Waals surface area contributed by atoms with Crippen molar-refractivity contribution in [2.75, 3.05) is 0 Å². The predicted octanol–water partition coefficient (Wildman–Crippen LogP) is 3.38. The van der Waals surface area contributed by atoms with Crippen LogP contribution in [0.2, 0.25) is 5.02 Å². The summed E-state index contributed by atoms with van der Waals surface area (Å²) in [4.78, 5) is 31.3. The van der Waals surface area contributed by atoms with Gasteiger partial charge in [-0.2, -0.15) is 0 Å². The van der Waals surface area contributed by atoms with Gasteiger partial charge in [-0.05, 0) is 37.1 Å². The highest BCUT2D eigenvalue weighted by atomic mass is 35.5. The van der Waals surface area contributed by atoms with Crippen molar-refractivity contribution in [1.82, 2.24) is 14.5 Å². The molecule has 0 radical (unpaired) electrons. The van der Waals surface area contributed by atoms with Gasteiger partial charge in [0, 0.05) is 16.6 Å². The van der Waals surface area contributed by atoms with Crippen molar-refractivity contribution in [2.45, 2.75) is 32.0 Å². The van der Waals surface area contributed by atoms with E-state index in [4.69, 9.17) is 11.6 Å². The Morgan fingerprint density at radius 1 is 1.22 bits per heavy atom. The molecule has 0 atom stereocenters. The van der Waals surface area contributed by atoms with E-state index in [-0.39, 0.29) is 35.6 Å². The number of nitrogens with zero attached hydrogens (tertiary/aromatic N) is 3. The van der Waals surface area contributed by atoms with Crippen LogP contribution in [0.15, 0.2) is 53.6 Å². The van der Waals surface area contributed by atoms with Gasteiger partial charge in [-0.15, -0.1) is 0 Å². The highest BCUT2D eigenvalue weighted by Gasteiger charge is 2.33. The Balaban J connectivity index is 1.60. The first-order valence-electron chi connectivity index (χ1n) is 8.71. The van der Waals surface area contributed by atoms with Crippen LogP contribution in [-0.2, 0) is 17.9 Å². The molecule has 0 N–H and O–H groups in total. The summed E-state index contributed by atoms with van der Waals surface area (Å²) in [6.07, 6.45) is 3.11. The maximum atomic E-state index is 14.1. The SMILES string of the molecule is O=C(Cn1cnc2ccccc2c1=O)N(Cc1c(F)cccc1Cl)C1CC1. The smallest absolute Gasteiger partial charge is 0.261 e. The van der Waals surface area contributed by atoms with E-state index < -0.39 is 5.82 Å². The van der Waals surface area contributed by atoms with Crippen LogP contribution < -0.4 is 5.56 Å². The van der Waals surface area contributed by atoms with Crippen LogP contribution >= 0.6 is 11.6 Å². The minimum absolute atomic E-state index is 0.0530. The average molecular weight is 386 g/mol. The van der Waals surface area contributed by atoms with Crippen LogP contribution in [-0.4, -0.2) is 26.4 Å². The summed E-state index contributed by atoms with van der Waals surface area (Å²) in [5.41, 5.74) is 0.611. The van der Waals surface area contributed by atoms with Crippen LogP contribution in [0.3, 0.4) is 0 Å². The molecule has 5 nitrogen and oxygen atoms in total. The molecule has 2 aromatic carbocycles. The topological polar surface area (TPSA) is 55.2 Å². The monoisotopic (exact) mass is 385 g/mol. The van der Waals surface area contributed by atoms with Crippen molar-refractivity contribution < 1.29 is 9.18 Å². The number of aromatic nitrogens is 2. The minimum atomic E-state index is -0.439. The number of rotatable bonds is 5. The molecule has 0 unspecified atom stereocenters. The number of fused-ring (bicyclic) bond motifs is 1. The molecule has 0 bridgehead atoms. The predicted molar refractivity (Wildman–Crippen MR) is 101 cm³/mol. The second-order valence-electron chi connectivity index (χ2n) is 6.65. The normalized spacial score (nSPS) is 13.7. The third-order valence-corrected chi connectivity index (χ3v) is 5.09. The number of benzene rings is 2. The molecule has 1 aliphatic carbocycles. The molecule has 7 heteroatoms. The fourth-order valence-corrected chi connectivity index (χ4v) is 3.34. The lowest BCUT2D eigenvalue weighted by atomic mass is 10.2. The van der Waals surface area contributed by atoms with E-state index in [9.17, 15) is 14.0 Å². The molecule has 1 amide bonds. The number of halogens is 2. The van der Waals surface area contributed by atoms with Crippen LogP contribution in [0.4, 0.5) is 4.39 Å². The fraction of sp³-hybridized carbons (Fsp3) is 0.250. The van der Waals surface area contributed by atoms with Gasteiger partial charge in [0.25, 0.3) is 5.56 Å². The van der Waals surface area contributed by atoms with Gasteiger partial charge in [0.05, 0.1) is 23.8 Å². The van der Waals surface area contributed by atoms with Crippen molar-refractivity contribution in [3.05, 3.63) is 75.5 Å². The van der Waals surface area contributed by atoms with Gasteiger partial charge in [0.1, 0.15) is 12.4 Å². The van der Waals surface area contributed by atoms with E-state index in [1.54, 1.807) is 35.2 Å². The number of para-hydroxylation sites is 1. The summed E-state index contributed by atoms with van der Waals surface area (Å²) in [5, 5.41) is 0.751. The lowest BCUT2D eigenvalue weighted by Crippen LogP contribution is -2.38. The lowest BCUT2D eigenvalue weighted by Gasteiger charge is -2.23. The highest BCUT2D eigenvalue weighted by Crippen LogP contribution is 2.31. The Morgan fingerprint density at radius 3 is 2.74 bits per heavy atom. The summed E-state index contributed by atoms with van der Waals surface area (Å²) in [5.74, 6) is -0.693. The fourth-order valence-electron chi connectivity index (χ4n) is 3.12. The molecular weight excluding hydrogens is 369 g/mol. The van der Waals surface area contributed by atoms with Gasteiger partial charge in [-0.25, -0.2) is 9.37 Å². The average Bonchev–Trinajstić information content (AvgIpc) is 3.49. The highest BCUT2D eigenvalue weighted by molar-refractivity contribution is 6.31. The quantitative estimate of drug-likeness (QED) is 0.676. The van der Waals surface area contributed by atoms with Crippen LogP contribution in [0, 0.1) is 5.82 Å². The van der Waals surface area contributed by atoms with Crippen LogP contribution in [0.5, 0.6) is 0 Å². The van der Waals surface area contributed by atoms with Crippen LogP contribution in [0.25, 0.3) is 10.9 Å². The van der Waals surface area contributed by atoms with Crippen molar-refractivity contribution in [3.8, 4) is 0 Å². The first kappa shape index (κ1) is 17.7. The second kappa shape index (κ2) is 7.12. The number of hydrogen-bond donors (Lipinski definition) is 0. The maximum absolute atomic E-state index is 14.1. The third kappa shape index (κ3) is 3.57. The Labute approximate surface area is 160 Å². The van der Waals surface area contributed by atoms with Gasteiger partial charge in [0.2, 0.25) is 5.91 Å². The molecule has 0 saturated heterocycles. The summed E-state index contributed by atoms with van der Waals surface area (Å²) in [6, 6.07) is 11.5. The Hall–Kier alpha value is -2.73. The molecule has 1 aromatic heterocycles. The van der Waals surface area contributed by atoms with Crippen LogP contribution in [0.1, 0.15) is 18.4 Å². The van der Waals surface area contributed by atoms with Gasteiger partial charge >= 0.3 is 0 Å². The number of carbonyl (C=O) groups excluding carboxylic acids is 1. The molecule has 1 aliphatic rings. The van der Waals surface area contributed by atoms with Crippen molar-refractivity contribution in [3.63, 3.8) is 0 Å². The Morgan fingerprint density at radius 2 is 2.00 bits per heavy atom. The molecular formula is C20H17ClFN3O2. The molecule has 27 heavy (non-hydrogen) atoms. The molecule has 3 aromatic rings. The standard InChI is InChI=1S/C20H17ClFN3O2/c21-16-5-3-6-17(22)15(16)10-25(13-8-9-13)19(26)11-24-12-23-18-7-2-1-4-14(18)20(24)27/h1-7,12-13H,8-11H2. The molecule has 1 fully saturated rings.